The molecule has 0 aromatic carbocycles. The van der Waals surface area contributed by atoms with Gasteiger partial charge in [-0.15, -0.1) is 0 Å². The number of aliphatic hydroxyl groups excluding tert-OH is 3. The molecule has 1 fully saturated rings. The highest BCUT2D eigenvalue weighted by atomic mass is 32.2. The Labute approximate surface area is 351 Å². The van der Waals surface area contributed by atoms with Crippen LogP contribution in [0.1, 0.15) is 194 Å². The molecular weight excluding hydrogens is 765 g/mol. The summed E-state index contributed by atoms with van der Waals surface area (Å²) in [6.45, 7) is 3.69. The van der Waals surface area contributed by atoms with Gasteiger partial charge in [0.1, 0.15) is 36.8 Å². The Morgan fingerprint density at radius 1 is 0.586 bits per heavy atom. The molecule has 1 heterocycles. The van der Waals surface area contributed by atoms with Crippen molar-refractivity contribution >= 4 is 22.1 Å². The van der Waals surface area contributed by atoms with E-state index in [0.29, 0.717) is 12.8 Å². The van der Waals surface area contributed by atoms with E-state index >= 15 is 0 Å². The summed E-state index contributed by atoms with van der Waals surface area (Å²) in [5.74, 6) is -1.99. The Kier molecular flexibility index (Phi) is 33.5. The summed E-state index contributed by atoms with van der Waals surface area (Å²) in [4.78, 5) is 25.4. The zero-order valence-electron chi connectivity index (χ0n) is 36.2. The van der Waals surface area contributed by atoms with Gasteiger partial charge in [0.2, 0.25) is 0 Å². The minimum absolute atomic E-state index is 0.150. The van der Waals surface area contributed by atoms with Gasteiger partial charge in [-0.1, -0.05) is 167 Å². The first-order valence-corrected chi connectivity index (χ1v) is 24.5. The van der Waals surface area contributed by atoms with Crippen LogP contribution in [0.15, 0.2) is 24.3 Å². The average molecular weight is 847 g/mol. The van der Waals surface area contributed by atoms with Crippen LogP contribution in [-0.4, -0.2) is 96.0 Å². The van der Waals surface area contributed by atoms with Crippen molar-refractivity contribution in [1.82, 2.24) is 0 Å². The summed E-state index contributed by atoms with van der Waals surface area (Å²) < 4.78 is 54.0. The van der Waals surface area contributed by atoms with Gasteiger partial charge < -0.3 is 34.3 Å². The number of ether oxygens (including phenoxy) is 4. The lowest BCUT2D eigenvalue weighted by atomic mass is 10.00. The molecule has 0 amide bonds. The molecule has 4 N–H and O–H groups in total. The first kappa shape index (κ1) is 54.1. The van der Waals surface area contributed by atoms with Gasteiger partial charge in [0.25, 0.3) is 10.1 Å². The molecule has 1 saturated heterocycles. The highest BCUT2D eigenvalue weighted by molar-refractivity contribution is 7.85. The number of rotatable bonds is 38. The molecule has 1 aliphatic rings. The SMILES string of the molecule is CCC/C=C\C/C=C\CCCCCCCC(=O)OC(COC(=O)CCCCCCCCCCCCCCCCCCC)COC1OC(CS(=O)(=O)O)C(O)C(O)C1O. The number of carbonyl (C=O) groups excluding carboxylic acids is 2. The molecule has 0 radical (unpaired) electrons. The molecule has 340 valence electrons. The number of carbonyl (C=O) groups is 2. The van der Waals surface area contributed by atoms with E-state index in [9.17, 15) is 37.9 Å². The standard InChI is InChI=1S/C45H82O12S/c1-3-5-7-9-11-13-15-17-18-19-20-22-23-25-27-29-31-33-40(46)54-35-38(36-55-45-44(50)43(49)42(48)39(57-45)37-58(51,52)53)56-41(47)34-32-30-28-26-24-21-16-14-12-10-8-6-4-2/h8,10,14,16,38-39,42-45,48-50H,3-7,9,11-13,15,17-37H2,1-2H3,(H,51,52,53)/b10-8-,16-14-. The molecule has 13 heteroatoms. The Bertz CT molecular complexity index is 1180. The fraction of sp³-hybridized carbons (Fsp3) is 0.867. The third-order valence-electron chi connectivity index (χ3n) is 10.5. The molecule has 12 nitrogen and oxygen atoms in total. The number of unbranched alkanes of at least 4 members (excludes halogenated alkanes) is 22. The van der Waals surface area contributed by atoms with Crippen molar-refractivity contribution in [3.63, 3.8) is 0 Å². The zero-order valence-corrected chi connectivity index (χ0v) is 37.0. The first-order chi connectivity index (χ1) is 28.0. The molecule has 6 unspecified atom stereocenters. The number of allylic oxidation sites excluding steroid dienone is 4. The smallest absolute Gasteiger partial charge is 0.306 e. The highest BCUT2D eigenvalue weighted by Gasteiger charge is 2.46. The number of hydrogen-bond donors (Lipinski definition) is 4. The van der Waals surface area contributed by atoms with Gasteiger partial charge in [-0.3, -0.25) is 14.1 Å². The van der Waals surface area contributed by atoms with Crippen LogP contribution in [0.2, 0.25) is 0 Å². The van der Waals surface area contributed by atoms with Crippen LogP contribution >= 0.6 is 0 Å². The molecule has 1 rings (SSSR count). The molecule has 6 atom stereocenters. The second-order valence-electron chi connectivity index (χ2n) is 16.1. The molecule has 0 aromatic heterocycles. The van der Waals surface area contributed by atoms with Gasteiger partial charge in [-0.05, 0) is 38.5 Å². The number of hydrogen-bond acceptors (Lipinski definition) is 11. The number of aliphatic hydroxyl groups is 3. The maximum absolute atomic E-state index is 12.8. The van der Waals surface area contributed by atoms with Gasteiger partial charge in [-0.2, -0.15) is 8.42 Å². The quantitative estimate of drug-likeness (QED) is 0.0200. The van der Waals surface area contributed by atoms with E-state index < -0.39 is 71.2 Å². The van der Waals surface area contributed by atoms with Crippen molar-refractivity contribution < 1.29 is 56.8 Å². The normalized spacial score (nSPS) is 20.6. The summed E-state index contributed by atoms with van der Waals surface area (Å²) in [5.41, 5.74) is 0. The van der Waals surface area contributed by atoms with Gasteiger partial charge in [0.15, 0.2) is 12.4 Å². The predicted molar refractivity (Wildman–Crippen MR) is 229 cm³/mol. The Hall–Kier alpha value is -1.87. The summed E-state index contributed by atoms with van der Waals surface area (Å²) in [6.07, 6.45) is 29.4. The van der Waals surface area contributed by atoms with Crippen LogP contribution in [-0.2, 0) is 38.7 Å². The van der Waals surface area contributed by atoms with Crippen LogP contribution < -0.4 is 0 Å². The summed E-state index contributed by atoms with van der Waals surface area (Å²) in [7, 11) is -4.60. The van der Waals surface area contributed by atoms with E-state index in [2.05, 4.69) is 38.2 Å². The van der Waals surface area contributed by atoms with Crippen molar-refractivity contribution in [2.45, 2.75) is 230 Å². The van der Waals surface area contributed by atoms with Crippen LogP contribution in [0.3, 0.4) is 0 Å². The Morgan fingerprint density at radius 3 is 1.59 bits per heavy atom. The third kappa shape index (κ3) is 30.2. The van der Waals surface area contributed by atoms with Crippen LogP contribution in [0.4, 0.5) is 0 Å². The fourth-order valence-corrected chi connectivity index (χ4v) is 7.64. The van der Waals surface area contributed by atoms with Gasteiger partial charge >= 0.3 is 11.9 Å². The maximum Gasteiger partial charge on any atom is 0.306 e. The van der Waals surface area contributed by atoms with Crippen LogP contribution in [0.5, 0.6) is 0 Å². The van der Waals surface area contributed by atoms with Crippen molar-refractivity contribution in [3.05, 3.63) is 24.3 Å². The van der Waals surface area contributed by atoms with Crippen LogP contribution in [0, 0.1) is 0 Å². The fourth-order valence-electron chi connectivity index (χ4n) is 6.95. The molecular formula is C45H82O12S. The lowest BCUT2D eigenvalue weighted by Gasteiger charge is -2.40. The molecule has 0 saturated carbocycles. The molecule has 0 aliphatic carbocycles. The highest BCUT2D eigenvalue weighted by Crippen LogP contribution is 2.24. The molecule has 1 aliphatic heterocycles. The minimum atomic E-state index is -4.60. The van der Waals surface area contributed by atoms with E-state index in [4.69, 9.17) is 18.9 Å². The Balaban J connectivity index is 2.42. The lowest BCUT2D eigenvalue weighted by Crippen LogP contribution is -2.60. The van der Waals surface area contributed by atoms with E-state index in [1.54, 1.807) is 0 Å². The van der Waals surface area contributed by atoms with E-state index in [-0.39, 0.29) is 19.4 Å². The Morgan fingerprint density at radius 2 is 1.07 bits per heavy atom. The van der Waals surface area contributed by atoms with E-state index in [0.717, 1.165) is 70.6 Å². The molecule has 58 heavy (non-hydrogen) atoms. The number of esters is 2. The molecule has 0 spiro atoms. The van der Waals surface area contributed by atoms with E-state index in [1.165, 1.54) is 83.5 Å². The molecule has 0 aromatic rings. The van der Waals surface area contributed by atoms with Crippen molar-refractivity contribution in [2.75, 3.05) is 19.0 Å². The van der Waals surface area contributed by atoms with Gasteiger partial charge in [-0.25, -0.2) is 0 Å². The second-order valence-corrected chi connectivity index (χ2v) is 17.6. The summed E-state index contributed by atoms with van der Waals surface area (Å²) >= 11 is 0. The average Bonchev–Trinajstić information content (AvgIpc) is 3.18. The first-order valence-electron chi connectivity index (χ1n) is 22.9. The second kappa shape index (κ2) is 35.8. The topological polar surface area (TPSA) is 186 Å². The zero-order chi connectivity index (χ0) is 42.7. The van der Waals surface area contributed by atoms with Crippen molar-refractivity contribution in [1.29, 1.82) is 0 Å². The van der Waals surface area contributed by atoms with Gasteiger partial charge in [0, 0.05) is 12.8 Å². The predicted octanol–water partition coefficient (Wildman–Crippen LogP) is 9.23. The van der Waals surface area contributed by atoms with E-state index in [1.807, 2.05) is 0 Å². The van der Waals surface area contributed by atoms with Gasteiger partial charge in [0.05, 0.1) is 6.61 Å². The third-order valence-corrected chi connectivity index (χ3v) is 11.3. The summed E-state index contributed by atoms with van der Waals surface area (Å²) in [6, 6.07) is 0. The maximum atomic E-state index is 12.8. The van der Waals surface area contributed by atoms with Crippen LogP contribution in [0.25, 0.3) is 0 Å². The molecule has 0 bridgehead atoms. The minimum Gasteiger partial charge on any atom is -0.462 e. The largest absolute Gasteiger partial charge is 0.462 e. The van der Waals surface area contributed by atoms with Crippen molar-refractivity contribution in [3.8, 4) is 0 Å². The lowest BCUT2D eigenvalue weighted by molar-refractivity contribution is -0.297. The van der Waals surface area contributed by atoms with Crippen molar-refractivity contribution in [2.24, 2.45) is 0 Å². The summed E-state index contributed by atoms with van der Waals surface area (Å²) in [5, 5.41) is 30.9. The monoisotopic (exact) mass is 847 g/mol.